The molecule has 0 saturated carbocycles. The van der Waals surface area contributed by atoms with Gasteiger partial charge in [0, 0.05) is 25.4 Å². The van der Waals surface area contributed by atoms with Gasteiger partial charge < -0.3 is 9.80 Å². The van der Waals surface area contributed by atoms with E-state index in [-0.39, 0.29) is 35.7 Å². The van der Waals surface area contributed by atoms with Gasteiger partial charge in [-0.2, -0.15) is 5.10 Å². The molecule has 2 atom stereocenters. The molecule has 2 aliphatic heterocycles. The number of aromatic amines is 1. The Morgan fingerprint density at radius 2 is 2.06 bits per heavy atom. The lowest BCUT2D eigenvalue weighted by atomic mass is 9.84. The van der Waals surface area contributed by atoms with Crippen molar-refractivity contribution in [1.82, 2.24) is 25.0 Å². The van der Waals surface area contributed by atoms with Gasteiger partial charge >= 0.3 is 0 Å². The van der Waals surface area contributed by atoms with Gasteiger partial charge in [0.05, 0.1) is 18.0 Å². The number of aromatic nitrogens is 3. The average molecular weight is 438 g/mol. The number of aryl methyl sites for hydroxylation is 1. The maximum Gasteiger partial charge on any atom is 0.230 e. The molecule has 0 radical (unpaired) electrons. The van der Waals surface area contributed by atoms with Crippen LogP contribution in [-0.4, -0.2) is 54.9 Å². The van der Waals surface area contributed by atoms with Crippen LogP contribution in [0.15, 0.2) is 24.3 Å². The van der Waals surface area contributed by atoms with Gasteiger partial charge in [-0.1, -0.05) is 44.5 Å². The fourth-order valence-corrected chi connectivity index (χ4v) is 5.24. The van der Waals surface area contributed by atoms with E-state index in [1.807, 2.05) is 30.9 Å². The number of carbonyl (C=O) groups excluding carboxylic acids is 2. The molecule has 0 bridgehead atoms. The summed E-state index contributed by atoms with van der Waals surface area (Å²) >= 11 is 0. The molecule has 1 aromatic carbocycles. The molecule has 2 aromatic rings. The summed E-state index contributed by atoms with van der Waals surface area (Å²) in [4.78, 5) is 35.1. The molecule has 2 fully saturated rings. The van der Waals surface area contributed by atoms with Crippen LogP contribution in [0, 0.1) is 6.92 Å². The van der Waals surface area contributed by atoms with Crippen LogP contribution >= 0.6 is 0 Å². The molecule has 3 heterocycles. The van der Waals surface area contributed by atoms with Gasteiger partial charge in [-0.3, -0.25) is 14.7 Å². The van der Waals surface area contributed by atoms with Crippen LogP contribution in [0.2, 0.25) is 0 Å². The zero-order chi connectivity index (χ0) is 22.9. The topological polar surface area (TPSA) is 82.2 Å². The number of amides is 2. The molecule has 0 aliphatic carbocycles. The molecule has 0 spiro atoms. The summed E-state index contributed by atoms with van der Waals surface area (Å²) in [6.07, 6.45) is 4.36. The minimum Gasteiger partial charge on any atom is -0.337 e. The van der Waals surface area contributed by atoms with Crippen molar-refractivity contribution in [3.8, 4) is 0 Å². The van der Waals surface area contributed by atoms with Crippen molar-refractivity contribution >= 4 is 11.8 Å². The van der Waals surface area contributed by atoms with Crippen LogP contribution in [-0.2, 0) is 22.6 Å². The Bertz CT molecular complexity index is 984. The van der Waals surface area contributed by atoms with E-state index in [4.69, 9.17) is 0 Å². The molecular formula is C25H35N5O2. The van der Waals surface area contributed by atoms with Crippen molar-refractivity contribution in [3.05, 3.63) is 47.0 Å². The van der Waals surface area contributed by atoms with E-state index in [0.29, 0.717) is 25.3 Å². The third-order valence-electron chi connectivity index (χ3n) is 7.28. The van der Waals surface area contributed by atoms with E-state index in [0.717, 1.165) is 31.5 Å². The number of rotatable bonds is 5. The molecule has 7 nitrogen and oxygen atoms in total. The highest BCUT2D eigenvalue weighted by molar-refractivity contribution is 5.80. The van der Waals surface area contributed by atoms with Crippen LogP contribution in [0.4, 0.5) is 0 Å². The lowest BCUT2D eigenvalue weighted by molar-refractivity contribution is -0.143. The van der Waals surface area contributed by atoms with Gasteiger partial charge in [0.1, 0.15) is 5.82 Å². The second kappa shape index (κ2) is 9.04. The highest BCUT2D eigenvalue weighted by Gasteiger charge is 2.51. The standard InChI is InChI=1S/C25H35N5O2/c1-17(2)24-26-21(27-28-24)15-23(32)29-14-13-25(4)20(29)11-7-8-12-22(31)30(25)16-19-10-6-5-9-18(19)3/h5-6,9-10,17,20H,7-8,11-16H2,1-4H3,(H,26,27,28)/t20-,25-/m1/s1. The van der Waals surface area contributed by atoms with Crippen molar-refractivity contribution in [3.63, 3.8) is 0 Å². The summed E-state index contributed by atoms with van der Waals surface area (Å²) in [6, 6.07) is 8.29. The second-order valence-corrected chi connectivity index (χ2v) is 9.83. The smallest absolute Gasteiger partial charge is 0.230 e. The number of nitrogens with one attached hydrogen (secondary N) is 1. The Balaban J connectivity index is 1.57. The van der Waals surface area contributed by atoms with E-state index in [9.17, 15) is 9.59 Å². The van der Waals surface area contributed by atoms with Crippen molar-refractivity contribution < 1.29 is 9.59 Å². The summed E-state index contributed by atoms with van der Waals surface area (Å²) in [5.41, 5.74) is 2.01. The largest absolute Gasteiger partial charge is 0.337 e. The quantitative estimate of drug-likeness (QED) is 0.772. The Hall–Kier alpha value is -2.70. The number of fused-ring (bicyclic) bond motifs is 1. The fourth-order valence-electron chi connectivity index (χ4n) is 5.24. The summed E-state index contributed by atoms with van der Waals surface area (Å²) in [6.45, 7) is 9.61. The third kappa shape index (κ3) is 4.30. The average Bonchev–Trinajstić information content (AvgIpc) is 3.34. The Kier molecular flexibility index (Phi) is 6.35. The van der Waals surface area contributed by atoms with Gasteiger partial charge in [0.2, 0.25) is 11.8 Å². The zero-order valence-electron chi connectivity index (χ0n) is 19.7. The molecule has 7 heteroatoms. The van der Waals surface area contributed by atoms with E-state index in [2.05, 4.69) is 46.1 Å². The Morgan fingerprint density at radius 3 is 2.78 bits per heavy atom. The maximum atomic E-state index is 13.3. The number of hydrogen-bond acceptors (Lipinski definition) is 4. The number of benzene rings is 1. The zero-order valence-corrected chi connectivity index (χ0v) is 19.7. The lowest BCUT2D eigenvalue weighted by Gasteiger charge is -2.45. The number of H-pyrrole nitrogens is 1. The van der Waals surface area contributed by atoms with Gasteiger partial charge in [0.25, 0.3) is 0 Å². The van der Waals surface area contributed by atoms with Crippen LogP contribution in [0.25, 0.3) is 0 Å². The van der Waals surface area contributed by atoms with E-state index >= 15 is 0 Å². The first-order valence-electron chi connectivity index (χ1n) is 11.8. The molecule has 32 heavy (non-hydrogen) atoms. The van der Waals surface area contributed by atoms with Crippen molar-refractivity contribution in [1.29, 1.82) is 0 Å². The monoisotopic (exact) mass is 437 g/mol. The van der Waals surface area contributed by atoms with Crippen LogP contribution in [0.5, 0.6) is 0 Å². The molecule has 2 saturated heterocycles. The highest BCUT2D eigenvalue weighted by atomic mass is 16.2. The maximum absolute atomic E-state index is 13.3. The normalized spacial score (nSPS) is 23.9. The first-order chi connectivity index (χ1) is 15.3. The highest BCUT2D eigenvalue weighted by Crippen LogP contribution is 2.40. The van der Waals surface area contributed by atoms with Crippen LogP contribution in [0.1, 0.15) is 81.6 Å². The van der Waals surface area contributed by atoms with Crippen molar-refractivity contribution in [2.24, 2.45) is 0 Å². The van der Waals surface area contributed by atoms with Crippen LogP contribution < -0.4 is 0 Å². The third-order valence-corrected chi connectivity index (χ3v) is 7.28. The summed E-state index contributed by atoms with van der Waals surface area (Å²) in [7, 11) is 0. The fraction of sp³-hybridized carbons (Fsp3) is 0.600. The summed E-state index contributed by atoms with van der Waals surface area (Å²) in [5.74, 6) is 1.84. The van der Waals surface area contributed by atoms with Gasteiger partial charge in [0.15, 0.2) is 5.82 Å². The van der Waals surface area contributed by atoms with E-state index < -0.39 is 0 Å². The van der Waals surface area contributed by atoms with Crippen LogP contribution in [0.3, 0.4) is 0 Å². The van der Waals surface area contributed by atoms with Crippen molar-refractivity contribution in [2.75, 3.05) is 6.54 Å². The predicted molar refractivity (Wildman–Crippen MR) is 123 cm³/mol. The first-order valence-corrected chi connectivity index (χ1v) is 11.8. The molecule has 1 N–H and O–H groups in total. The Labute approximate surface area is 190 Å². The van der Waals surface area contributed by atoms with E-state index in [1.54, 1.807) is 0 Å². The first kappa shape index (κ1) is 22.5. The molecule has 1 aromatic heterocycles. The Morgan fingerprint density at radius 1 is 1.28 bits per heavy atom. The summed E-state index contributed by atoms with van der Waals surface area (Å²) < 4.78 is 0. The molecular weight excluding hydrogens is 402 g/mol. The predicted octanol–water partition coefficient (Wildman–Crippen LogP) is 3.74. The van der Waals surface area contributed by atoms with E-state index in [1.165, 1.54) is 11.1 Å². The minimum absolute atomic E-state index is 0.0239. The number of nitrogens with zero attached hydrogens (tertiary/aromatic N) is 4. The lowest BCUT2D eigenvalue weighted by Crippen LogP contribution is -2.58. The van der Waals surface area contributed by atoms with Gasteiger partial charge in [-0.05, 0) is 44.2 Å². The number of likely N-dealkylation sites (tertiary alicyclic amines) is 2. The summed E-state index contributed by atoms with van der Waals surface area (Å²) in [5, 5.41) is 7.16. The molecule has 2 amide bonds. The molecule has 2 aliphatic rings. The number of carbonyl (C=O) groups is 2. The van der Waals surface area contributed by atoms with Crippen molar-refractivity contribution in [2.45, 2.75) is 90.3 Å². The SMILES string of the molecule is Cc1ccccc1CN1C(=O)CCCC[C@H]2N(C(=O)Cc3nc(C(C)C)n[nH]3)CC[C@]21C. The van der Waals surface area contributed by atoms with Gasteiger partial charge in [-0.25, -0.2) is 4.98 Å². The molecule has 4 rings (SSSR count). The molecule has 172 valence electrons. The molecule has 0 unspecified atom stereocenters. The number of hydrogen-bond donors (Lipinski definition) is 1. The second-order valence-electron chi connectivity index (χ2n) is 9.83. The van der Waals surface area contributed by atoms with Gasteiger partial charge in [-0.15, -0.1) is 0 Å². The minimum atomic E-state index is -0.361.